The number of carbonyl (C=O) groups excluding carboxylic acids is 2. The molecule has 6 nitrogen and oxygen atoms in total. The van der Waals surface area contributed by atoms with Crippen molar-refractivity contribution in [2.45, 2.75) is 69.9 Å². The van der Waals surface area contributed by atoms with Gasteiger partial charge in [0.05, 0.1) is 11.7 Å². The van der Waals surface area contributed by atoms with Crippen molar-refractivity contribution in [1.29, 1.82) is 0 Å². The normalized spacial score (nSPS) is 40.8. The highest BCUT2D eigenvalue weighted by Crippen LogP contribution is 2.47. The second-order valence-corrected chi connectivity index (χ2v) is 7.69. The minimum absolute atomic E-state index is 0.0890. The predicted molar refractivity (Wildman–Crippen MR) is 94.3 cm³/mol. The number of ketones is 1. The van der Waals surface area contributed by atoms with Gasteiger partial charge < -0.3 is 9.47 Å². The molecule has 2 fully saturated rings. The van der Waals surface area contributed by atoms with Crippen LogP contribution in [0.2, 0.25) is 0 Å². The summed E-state index contributed by atoms with van der Waals surface area (Å²) >= 11 is 0. The Morgan fingerprint density at radius 2 is 2.08 bits per heavy atom. The molecule has 0 saturated carbocycles. The fourth-order valence-corrected chi connectivity index (χ4v) is 3.86. The molecule has 0 amide bonds. The van der Waals surface area contributed by atoms with E-state index in [4.69, 9.17) is 9.47 Å². The minimum atomic E-state index is -0.820. The molecule has 6 heteroatoms. The van der Waals surface area contributed by atoms with Crippen LogP contribution in [0.25, 0.3) is 0 Å². The molecule has 5 atom stereocenters. The highest BCUT2D eigenvalue weighted by atomic mass is 17.1. The van der Waals surface area contributed by atoms with Crippen LogP contribution in [0, 0.1) is 5.92 Å². The largest absolute Gasteiger partial charge is 0.450 e. The molecule has 2 saturated heterocycles. The van der Waals surface area contributed by atoms with Crippen LogP contribution in [0.1, 0.15) is 46.0 Å². The van der Waals surface area contributed by atoms with Crippen LogP contribution in [0.3, 0.4) is 0 Å². The first-order chi connectivity index (χ1) is 12.3. The molecular formula is C20H26O6. The zero-order valence-electron chi connectivity index (χ0n) is 15.3. The maximum atomic E-state index is 12.8. The van der Waals surface area contributed by atoms with E-state index in [1.165, 1.54) is 0 Å². The van der Waals surface area contributed by atoms with E-state index in [2.05, 4.69) is 18.0 Å². The summed E-state index contributed by atoms with van der Waals surface area (Å²) < 4.78 is 11.2. The topological polar surface area (TPSA) is 85.4 Å². The summed E-state index contributed by atoms with van der Waals surface area (Å²) in [5.41, 5.74) is 1.30. The van der Waals surface area contributed by atoms with E-state index >= 15 is 0 Å². The quantitative estimate of drug-likeness (QED) is 0.193. The monoisotopic (exact) mass is 362 g/mol. The third kappa shape index (κ3) is 3.54. The van der Waals surface area contributed by atoms with E-state index in [1.54, 1.807) is 6.92 Å². The van der Waals surface area contributed by atoms with Crippen molar-refractivity contribution < 1.29 is 29.2 Å². The van der Waals surface area contributed by atoms with Crippen LogP contribution in [0.15, 0.2) is 36.0 Å². The van der Waals surface area contributed by atoms with Crippen LogP contribution < -0.4 is 0 Å². The number of epoxide rings is 1. The number of fused-ring (bicyclic) bond motifs is 2. The van der Waals surface area contributed by atoms with Crippen molar-refractivity contribution in [1.82, 2.24) is 0 Å². The van der Waals surface area contributed by atoms with E-state index < -0.39 is 18.2 Å². The number of Topliss-reactive ketones (excluding diaryl/α,β-unsaturated/α-hetero) is 1. The Bertz CT molecular complexity index is 678. The third-order valence-corrected chi connectivity index (χ3v) is 5.86. The molecule has 0 radical (unpaired) electrons. The number of carbonyl (C=O) groups is 2. The first kappa shape index (κ1) is 19.0. The van der Waals surface area contributed by atoms with Crippen LogP contribution >= 0.6 is 0 Å². The van der Waals surface area contributed by atoms with Gasteiger partial charge in [-0.15, -0.1) is 0 Å². The summed E-state index contributed by atoms with van der Waals surface area (Å²) in [6.45, 7) is 11.5. The van der Waals surface area contributed by atoms with E-state index in [0.717, 1.165) is 5.57 Å². The molecule has 142 valence electrons. The van der Waals surface area contributed by atoms with Gasteiger partial charge in [-0.3, -0.25) is 10.1 Å². The Hall–Kier alpha value is -1.76. The lowest BCUT2D eigenvalue weighted by Gasteiger charge is -2.20. The summed E-state index contributed by atoms with van der Waals surface area (Å²) in [6, 6.07) is 0. The highest BCUT2D eigenvalue weighted by molar-refractivity contribution is 6.04. The summed E-state index contributed by atoms with van der Waals surface area (Å²) in [4.78, 5) is 29.3. The van der Waals surface area contributed by atoms with Gasteiger partial charge in [0.2, 0.25) is 0 Å². The van der Waals surface area contributed by atoms with Crippen LogP contribution in [-0.2, 0) is 24.0 Å². The zero-order valence-corrected chi connectivity index (χ0v) is 15.3. The smallest absolute Gasteiger partial charge is 0.334 e. The molecule has 26 heavy (non-hydrogen) atoms. The second-order valence-electron chi connectivity index (χ2n) is 7.69. The van der Waals surface area contributed by atoms with Crippen molar-refractivity contribution in [3.63, 3.8) is 0 Å². The lowest BCUT2D eigenvalue weighted by molar-refractivity contribution is -0.270. The van der Waals surface area contributed by atoms with Gasteiger partial charge >= 0.3 is 5.97 Å². The van der Waals surface area contributed by atoms with Gasteiger partial charge in [-0.25, -0.2) is 9.68 Å². The first-order valence-corrected chi connectivity index (χ1v) is 9.03. The van der Waals surface area contributed by atoms with E-state index in [1.807, 2.05) is 13.0 Å². The molecule has 0 aromatic rings. The van der Waals surface area contributed by atoms with Gasteiger partial charge in [0, 0.05) is 11.5 Å². The Balaban J connectivity index is 1.86. The first-order valence-electron chi connectivity index (χ1n) is 9.03. The van der Waals surface area contributed by atoms with Gasteiger partial charge in [0.1, 0.15) is 6.10 Å². The molecule has 3 aliphatic rings. The van der Waals surface area contributed by atoms with Crippen molar-refractivity contribution in [2.75, 3.05) is 0 Å². The van der Waals surface area contributed by atoms with Gasteiger partial charge in [-0.05, 0) is 57.1 Å². The summed E-state index contributed by atoms with van der Waals surface area (Å²) in [5, 5.41) is 9.19. The highest BCUT2D eigenvalue weighted by Gasteiger charge is 2.55. The number of esters is 1. The fraction of sp³-hybridized carbons (Fsp3) is 0.600. The number of ether oxygens (including phenoxy) is 2. The molecule has 0 spiro atoms. The molecule has 0 unspecified atom stereocenters. The Labute approximate surface area is 153 Å². The average molecular weight is 362 g/mol. The zero-order chi connectivity index (χ0) is 19.1. The summed E-state index contributed by atoms with van der Waals surface area (Å²) in [5.74, 6) is -1.06. The molecule has 0 bridgehead atoms. The van der Waals surface area contributed by atoms with Crippen LogP contribution in [0.4, 0.5) is 0 Å². The molecule has 3 rings (SSSR count). The Morgan fingerprint density at radius 1 is 1.35 bits per heavy atom. The number of hydrogen-bond donors (Lipinski definition) is 1. The van der Waals surface area contributed by atoms with Gasteiger partial charge in [0.15, 0.2) is 11.9 Å². The Kier molecular flexibility index (Phi) is 5.19. The number of allylic oxidation sites excluding steroid dienone is 1. The van der Waals surface area contributed by atoms with Crippen molar-refractivity contribution >= 4 is 11.8 Å². The molecule has 2 heterocycles. The van der Waals surface area contributed by atoms with Gasteiger partial charge in [0.25, 0.3) is 0 Å². The lowest BCUT2D eigenvalue weighted by Crippen LogP contribution is -2.30. The van der Waals surface area contributed by atoms with E-state index in [-0.39, 0.29) is 23.4 Å². The molecule has 2 aliphatic heterocycles. The lowest BCUT2D eigenvalue weighted by atomic mass is 9.84. The standard InChI is InChI=1S/C20H26O6/c1-11-6-5-7-12(2)17(21)18-14(13(3)19(22)24-18)10-16-20(4,25-16)9-8-15(11)26-23/h7,14-16,18,23H,1,3,5-6,8-10H2,2,4H3/b12-7+/t14-,15-,16+,18+,20+/m0/s1. The second kappa shape index (κ2) is 7.10. The van der Waals surface area contributed by atoms with Crippen LogP contribution in [-0.4, -0.2) is 40.9 Å². The SMILES string of the molecule is C=C1CC/C=C(\C)C(=O)[C@@H]2OC(=O)C(=C)[C@@H]2C[C@H]2O[C@]2(C)CC[C@@H]1OO. The summed E-state index contributed by atoms with van der Waals surface area (Å²) in [7, 11) is 0. The third-order valence-electron chi connectivity index (χ3n) is 5.86. The fourth-order valence-electron chi connectivity index (χ4n) is 3.86. The van der Waals surface area contributed by atoms with E-state index in [0.29, 0.717) is 43.3 Å². The average Bonchev–Trinajstić information content (AvgIpc) is 3.16. The van der Waals surface area contributed by atoms with Gasteiger partial charge in [-0.2, -0.15) is 0 Å². The van der Waals surface area contributed by atoms with Crippen molar-refractivity contribution in [3.8, 4) is 0 Å². The maximum absolute atomic E-state index is 12.8. The van der Waals surface area contributed by atoms with Gasteiger partial charge in [-0.1, -0.05) is 19.2 Å². The van der Waals surface area contributed by atoms with Crippen molar-refractivity contribution in [2.24, 2.45) is 5.92 Å². The molecule has 1 N–H and O–H groups in total. The van der Waals surface area contributed by atoms with Crippen molar-refractivity contribution in [3.05, 3.63) is 36.0 Å². The molecular weight excluding hydrogens is 336 g/mol. The molecule has 1 aliphatic carbocycles. The minimum Gasteiger partial charge on any atom is -0.450 e. The number of hydrogen-bond acceptors (Lipinski definition) is 6. The molecule has 0 aromatic heterocycles. The predicted octanol–water partition coefficient (Wildman–Crippen LogP) is 3.14. The molecule has 0 aromatic carbocycles. The Morgan fingerprint density at radius 3 is 2.77 bits per heavy atom. The van der Waals surface area contributed by atoms with E-state index in [9.17, 15) is 14.8 Å². The van der Waals surface area contributed by atoms with Crippen LogP contribution in [0.5, 0.6) is 0 Å². The maximum Gasteiger partial charge on any atom is 0.334 e. The number of rotatable bonds is 1. The summed E-state index contributed by atoms with van der Waals surface area (Å²) in [6.07, 6.45) is 3.43.